The van der Waals surface area contributed by atoms with E-state index in [9.17, 15) is 29.4 Å². The second kappa shape index (κ2) is 11.2. The molecule has 0 radical (unpaired) electrons. The van der Waals surface area contributed by atoms with Gasteiger partial charge in [0.2, 0.25) is 5.91 Å². The molecule has 2 aliphatic heterocycles. The van der Waals surface area contributed by atoms with Crippen LogP contribution in [0.2, 0.25) is 18.6 Å². The minimum absolute atomic E-state index is 0.0678. The zero-order chi connectivity index (χ0) is 28.5. The van der Waals surface area contributed by atoms with E-state index in [1.807, 2.05) is 37.3 Å². The van der Waals surface area contributed by atoms with Gasteiger partial charge in [-0.2, -0.15) is 0 Å². The topological polar surface area (TPSA) is 148 Å². The van der Waals surface area contributed by atoms with E-state index in [0.717, 1.165) is 5.56 Å². The maximum Gasteiger partial charge on any atom is 0.261 e. The molecule has 5 atom stereocenters. The third-order valence-corrected chi connectivity index (χ3v) is 10.2. The Bertz CT molecular complexity index is 1230. The van der Waals surface area contributed by atoms with Gasteiger partial charge in [0.15, 0.2) is 13.9 Å². The molecule has 0 saturated carbocycles. The summed E-state index contributed by atoms with van der Waals surface area (Å²) in [5.74, 6) is -1.71. The minimum Gasteiger partial charge on any atom is -0.432 e. The van der Waals surface area contributed by atoms with Gasteiger partial charge >= 0.3 is 0 Å². The fraction of sp³-hybridized carbons (Fsp3) is 0.464. The van der Waals surface area contributed by atoms with Crippen molar-refractivity contribution in [1.82, 2.24) is 4.90 Å². The molecule has 2 heterocycles. The lowest BCUT2D eigenvalue weighted by Crippen LogP contribution is -2.44. The van der Waals surface area contributed by atoms with E-state index in [1.165, 1.54) is 6.92 Å². The number of nitrogens with one attached hydrogen (secondary N) is 2. The molecule has 0 unspecified atom stereocenters. The standard InChI is InChI=1S/C28H37N3O7Si/c1-17-25(39(3,4)37)23(15-24(34)31(12-13-32)16-19-8-6-5-7-9-19)38-28(17)21-14-20(29-26(35)18(2)33)10-11-22(21)30-27(28)36/h5-11,14,17-18,23,25,32-33,37H,12-13,15-16H2,1-4H3,(H,29,35)(H,30,36)/t17-,18+,23+,25-,28+/m1/s1. The smallest absolute Gasteiger partial charge is 0.261 e. The Balaban J connectivity index is 1.66. The summed E-state index contributed by atoms with van der Waals surface area (Å²) in [6.07, 6.45) is -2.03. The van der Waals surface area contributed by atoms with Crippen molar-refractivity contribution < 1.29 is 34.1 Å². The molecule has 5 N–H and O–H groups in total. The molecule has 2 aliphatic rings. The number of aliphatic hydroxyl groups excluding tert-OH is 2. The highest BCUT2D eigenvalue weighted by molar-refractivity contribution is 6.71. The van der Waals surface area contributed by atoms with Crippen molar-refractivity contribution >= 4 is 37.4 Å². The largest absolute Gasteiger partial charge is 0.432 e. The lowest BCUT2D eigenvalue weighted by atomic mass is 9.82. The van der Waals surface area contributed by atoms with Crippen LogP contribution in [0.25, 0.3) is 0 Å². The highest BCUT2D eigenvalue weighted by Crippen LogP contribution is 2.58. The van der Waals surface area contributed by atoms with Gasteiger partial charge in [0.05, 0.1) is 19.1 Å². The Labute approximate surface area is 229 Å². The molecular formula is C28H37N3O7Si. The molecule has 11 heteroatoms. The molecule has 210 valence electrons. The second-order valence-corrected chi connectivity index (χ2v) is 14.9. The lowest BCUT2D eigenvalue weighted by Gasteiger charge is -2.32. The number of amides is 3. The zero-order valence-corrected chi connectivity index (χ0v) is 23.7. The van der Waals surface area contributed by atoms with Gasteiger partial charge in [0.1, 0.15) is 6.10 Å². The van der Waals surface area contributed by atoms with Crippen LogP contribution < -0.4 is 10.6 Å². The summed E-state index contributed by atoms with van der Waals surface area (Å²) in [5.41, 5.74) is 0.418. The van der Waals surface area contributed by atoms with Gasteiger partial charge in [0.25, 0.3) is 11.8 Å². The predicted molar refractivity (Wildman–Crippen MR) is 148 cm³/mol. The summed E-state index contributed by atoms with van der Waals surface area (Å²) in [6, 6.07) is 14.4. The van der Waals surface area contributed by atoms with Gasteiger partial charge in [-0.15, -0.1) is 0 Å². The predicted octanol–water partition coefficient (Wildman–Crippen LogP) is 2.17. The van der Waals surface area contributed by atoms with Gasteiger partial charge in [0, 0.05) is 41.5 Å². The van der Waals surface area contributed by atoms with E-state index in [4.69, 9.17) is 4.74 Å². The van der Waals surface area contributed by atoms with Crippen LogP contribution in [0.5, 0.6) is 0 Å². The normalized spacial score (nSPS) is 24.8. The first-order valence-corrected chi connectivity index (χ1v) is 16.2. The van der Waals surface area contributed by atoms with Gasteiger partial charge in [-0.1, -0.05) is 37.3 Å². The summed E-state index contributed by atoms with van der Waals surface area (Å²) in [6.45, 7) is 7.01. The van der Waals surface area contributed by atoms with Crippen molar-refractivity contribution in [1.29, 1.82) is 0 Å². The first-order valence-electron chi connectivity index (χ1n) is 13.2. The molecule has 4 rings (SSSR count). The monoisotopic (exact) mass is 555 g/mol. The van der Waals surface area contributed by atoms with Gasteiger partial charge in [-0.3, -0.25) is 14.4 Å². The SMILES string of the molecule is C[C@H](O)C(=O)Nc1ccc2c(c1)[C@]1(O[C@@H](CC(=O)N(CCO)Cc3ccccc3)[C@H]([Si](C)(C)O)[C@H]1C)C(=O)N2. The minimum atomic E-state index is -2.97. The molecule has 39 heavy (non-hydrogen) atoms. The summed E-state index contributed by atoms with van der Waals surface area (Å²) >= 11 is 0. The molecule has 1 fully saturated rings. The number of fused-ring (bicyclic) bond motifs is 2. The number of rotatable bonds is 9. The van der Waals surface area contributed by atoms with Crippen LogP contribution in [0.15, 0.2) is 48.5 Å². The van der Waals surface area contributed by atoms with E-state index in [-0.39, 0.29) is 25.5 Å². The number of hydrogen-bond acceptors (Lipinski definition) is 7. The Morgan fingerprint density at radius 3 is 2.51 bits per heavy atom. The Kier molecular flexibility index (Phi) is 8.29. The Morgan fingerprint density at radius 1 is 1.21 bits per heavy atom. The van der Waals surface area contributed by atoms with Crippen molar-refractivity contribution in [3.63, 3.8) is 0 Å². The van der Waals surface area contributed by atoms with Crippen LogP contribution in [0.4, 0.5) is 11.4 Å². The number of aliphatic hydroxyl groups is 2. The number of nitrogens with zero attached hydrogens (tertiary/aromatic N) is 1. The first-order chi connectivity index (χ1) is 18.4. The third kappa shape index (κ3) is 5.63. The fourth-order valence-corrected chi connectivity index (χ4v) is 8.49. The Hall–Kier alpha value is -3.09. The highest BCUT2D eigenvalue weighted by Gasteiger charge is 2.65. The molecule has 1 spiro atoms. The zero-order valence-electron chi connectivity index (χ0n) is 22.7. The number of anilines is 2. The summed E-state index contributed by atoms with van der Waals surface area (Å²) < 4.78 is 6.55. The van der Waals surface area contributed by atoms with Crippen molar-refractivity contribution in [3.8, 4) is 0 Å². The molecule has 2 aromatic rings. The Morgan fingerprint density at radius 2 is 1.90 bits per heavy atom. The van der Waals surface area contributed by atoms with E-state index in [1.54, 1.807) is 36.2 Å². The van der Waals surface area contributed by atoms with Crippen LogP contribution in [0, 0.1) is 5.92 Å². The van der Waals surface area contributed by atoms with Gasteiger partial charge in [-0.05, 0) is 43.8 Å². The third-order valence-electron chi connectivity index (χ3n) is 7.70. The number of hydrogen-bond donors (Lipinski definition) is 5. The van der Waals surface area contributed by atoms with Crippen LogP contribution >= 0.6 is 0 Å². The molecule has 10 nitrogen and oxygen atoms in total. The quantitative estimate of drug-likeness (QED) is 0.298. The van der Waals surface area contributed by atoms with Crippen molar-refractivity contribution in [3.05, 3.63) is 59.7 Å². The highest BCUT2D eigenvalue weighted by atomic mass is 28.4. The molecule has 1 saturated heterocycles. The van der Waals surface area contributed by atoms with Crippen LogP contribution in [0.1, 0.15) is 31.4 Å². The molecular weight excluding hydrogens is 518 g/mol. The number of ether oxygens (including phenoxy) is 1. The molecule has 0 bridgehead atoms. The molecule has 2 aromatic carbocycles. The maximum atomic E-state index is 13.5. The fourth-order valence-electron chi connectivity index (χ4n) is 5.94. The van der Waals surface area contributed by atoms with Crippen LogP contribution in [0.3, 0.4) is 0 Å². The van der Waals surface area contributed by atoms with Gasteiger partial charge < -0.3 is 35.3 Å². The number of benzene rings is 2. The second-order valence-electron chi connectivity index (χ2n) is 11.0. The summed E-state index contributed by atoms with van der Waals surface area (Å²) in [4.78, 5) is 52.1. The number of carbonyl (C=O) groups excluding carboxylic acids is 3. The van der Waals surface area contributed by atoms with E-state index >= 15 is 0 Å². The molecule has 0 aromatic heterocycles. The summed E-state index contributed by atoms with van der Waals surface area (Å²) in [5, 5.41) is 24.7. The van der Waals surface area contributed by atoms with E-state index in [2.05, 4.69) is 10.6 Å². The first kappa shape index (κ1) is 28.9. The maximum absolute atomic E-state index is 13.5. The van der Waals surface area contributed by atoms with Crippen molar-refractivity contribution in [2.24, 2.45) is 5.92 Å². The van der Waals surface area contributed by atoms with Gasteiger partial charge in [-0.25, -0.2) is 0 Å². The molecule has 0 aliphatic carbocycles. The number of carbonyl (C=O) groups is 3. The van der Waals surface area contributed by atoms with Crippen molar-refractivity contribution in [2.75, 3.05) is 23.8 Å². The summed E-state index contributed by atoms with van der Waals surface area (Å²) in [7, 11) is -2.97. The van der Waals surface area contributed by atoms with Crippen LogP contribution in [-0.4, -0.2) is 71.3 Å². The molecule has 3 amide bonds. The van der Waals surface area contributed by atoms with Crippen LogP contribution in [-0.2, 0) is 31.3 Å². The average molecular weight is 556 g/mol. The lowest BCUT2D eigenvalue weighted by molar-refractivity contribution is -0.148. The van der Waals surface area contributed by atoms with Crippen molar-refractivity contribution in [2.45, 2.75) is 63.3 Å². The van der Waals surface area contributed by atoms with E-state index in [0.29, 0.717) is 23.5 Å². The average Bonchev–Trinajstić information content (AvgIpc) is 3.32. The van der Waals surface area contributed by atoms with E-state index < -0.39 is 49.4 Å².